The minimum atomic E-state index is -0.224. The maximum atomic E-state index is 12.0. The molecule has 0 aromatic heterocycles. The van der Waals surface area contributed by atoms with Gasteiger partial charge in [0.15, 0.2) is 0 Å². The zero-order chi connectivity index (χ0) is 13.5. The first kappa shape index (κ1) is 14.3. The van der Waals surface area contributed by atoms with Crippen LogP contribution in [0.1, 0.15) is 11.1 Å². The van der Waals surface area contributed by atoms with E-state index in [1.165, 1.54) is 4.90 Å². The number of aryl methyl sites for hydroxylation is 2. The van der Waals surface area contributed by atoms with Crippen molar-refractivity contribution in [1.82, 2.24) is 4.90 Å². The average molecular weight is 248 g/mol. The minimum Gasteiger partial charge on any atom is -0.395 e. The van der Waals surface area contributed by atoms with Crippen molar-refractivity contribution in [3.63, 3.8) is 0 Å². The molecule has 0 aliphatic rings. The molecule has 4 nitrogen and oxygen atoms in total. The number of aliphatic hydroxyl groups is 1. The highest BCUT2D eigenvalue weighted by Gasteiger charge is 2.12. The minimum absolute atomic E-state index is 0.0614. The summed E-state index contributed by atoms with van der Waals surface area (Å²) in [5, 5.41) is 11.8. The number of hydrogen-bond acceptors (Lipinski definition) is 2. The number of carbonyl (C=O) groups excluding carboxylic acids is 1. The maximum Gasteiger partial charge on any atom is 0.322 e. The van der Waals surface area contributed by atoms with E-state index < -0.39 is 0 Å². The molecule has 1 aromatic rings. The molecule has 1 aromatic carbocycles. The number of hydrogen-bond donors (Lipinski definition) is 2. The largest absolute Gasteiger partial charge is 0.395 e. The first-order valence-electron chi connectivity index (χ1n) is 5.93. The van der Waals surface area contributed by atoms with E-state index in [9.17, 15) is 4.79 Å². The van der Waals surface area contributed by atoms with Crippen molar-refractivity contribution in [2.75, 3.05) is 25.0 Å². The Labute approximate surface area is 108 Å². The number of anilines is 1. The number of rotatable bonds is 5. The van der Waals surface area contributed by atoms with Crippen LogP contribution in [0.3, 0.4) is 0 Å². The molecule has 2 N–H and O–H groups in total. The first-order valence-corrected chi connectivity index (χ1v) is 5.93. The molecule has 0 aliphatic carbocycles. The van der Waals surface area contributed by atoms with Crippen molar-refractivity contribution in [1.29, 1.82) is 0 Å². The Hall–Kier alpha value is -1.81. The maximum absolute atomic E-state index is 12.0. The number of benzene rings is 1. The van der Waals surface area contributed by atoms with Gasteiger partial charge in [-0.15, -0.1) is 6.58 Å². The third-order valence-corrected chi connectivity index (χ3v) is 2.64. The van der Waals surface area contributed by atoms with Gasteiger partial charge in [0.2, 0.25) is 0 Å². The van der Waals surface area contributed by atoms with E-state index in [0.29, 0.717) is 13.1 Å². The number of urea groups is 1. The molecular weight excluding hydrogens is 228 g/mol. The normalized spacial score (nSPS) is 9.94. The molecule has 0 saturated carbocycles. The number of aliphatic hydroxyl groups excluding tert-OH is 1. The van der Waals surface area contributed by atoms with Gasteiger partial charge in [0, 0.05) is 18.8 Å². The fourth-order valence-corrected chi connectivity index (χ4v) is 1.62. The SMILES string of the molecule is C=CCN(CCO)C(=O)Nc1cc(C)ccc1C. The smallest absolute Gasteiger partial charge is 0.322 e. The van der Waals surface area contributed by atoms with Crippen LogP contribution in [0.5, 0.6) is 0 Å². The van der Waals surface area contributed by atoms with E-state index >= 15 is 0 Å². The van der Waals surface area contributed by atoms with Gasteiger partial charge in [0.25, 0.3) is 0 Å². The lowest BCUT2D eigenvalue weighted by atomic mass is 10.1. The highest BCUT2D eigenvalue weighted by molar-refractivity contribution is 5.90. The Morgan fingerprint density at radius 3 is 2.83 bits per heavy atom. The van der Waals surface area contributed by atoms with Crippen LogP contribution < -0.4 is 5.32 Å². The highest BCUT2D eigenvalue weighted by atomic mass is 16.3. The quantitative estimate of drug-likeness (QED) is 0.786. The first-order chi connectivity index (χ1) is 8.58. The van der Waals surface area contributed by atoms with Crippen LogP contribution in [0, 0.1) is 13.8 Å². The van der Waals surface area contributed by atoms with Gasteiger partial charge >= 0.3 is 6.03 Å². The van der Waals surface area contributed by atoms with Gasteiger partial charge in [-0.25, -0.2) is 4.79 Å². The number of nitrogens with one attached hydrogen (secondary N) is 1. The standard InChI is InChI=1S/C14H20N2O2/c1-4-7-16(8-9-17)14(18)15-13-10-11(2)5-6-12(13)3/h4-6,10,17H,1,7-9H2,2-3H3,(H,15,18). The summed E-state index contributed by atoms with van der Waals surface area (Å²) in [5.74, 6) is 0. The van der Waals surface area contributed by atoms with Crippen molar-refractivity contribution in [3.05, 3.63) is 42.0 Å². The zero-order valence-corrected chi connectivity index (χ0v) is 10.9. The summed E-state index contributed by atoms with van der Waals surface area (Å²) in [6, 6.07) is 5.67. The Balaban J connectivity index is 2.78. The number of amides is 2. The molecule has 4 heteroatoms. The van der Waals surface area contributed by atoms with Gasteiger partial charge in [0.1, 0.15) is 0 Å². The van der Waals surface area contributed by atoms with Crippen LogP contribution in [0.25, 0.3) is 0 Å². The van der Waals surface area contributed by atoms with E-state index in [4.69, 9.17) is 5.11 Å². The summed E-state index contributed by atoms with van der Waals surface area (Å²) in [4.78, 5) is 13.5. The molecular formula is C14H20N2O2. The molecule has 0 spiro atoms. The Morgan fingerprint density at radius 2 is 2.22 bits per heavy atom. The van der Waals surface area contributed by atoms with Gasteiger partial charge < -0.3 is 15.3 Å². The highest BCUT2D eigenvalue weighted by Crippen LogP contribution is 2.16. The number of carbonyl (C=O) groups is 1. The third kappa shape index (κ3) is 3.89. The monoisotopic (exact) mass is 248 g/mol. The van der Waals surface area contributed by atoms with Crippen LogP contribution in [-0.2, 0) is 0 Å². The molecule has 0 unspecified atom stereocenters. The molecule has 0 radical (unpaired) electrons. The van der Waals surface area contributed by atoms with Crippen molar-refractivity contribution in [3.8, 4) is 0 Å². The Kier molecular flexibility index (Phi) is 5.39. The lowest BCUT2D eigenvalue weighted by molar-refractivity contribution is 0.195. The number of nitrogens with zero attached hydrogens (tertiary/aromatic N) is 1. The van der Waals surface area contributed by atoms with Gasteiger partial charge in [-0.05, 0) is 31.0 Å². The second-order valence-corrected chi connectivity index (χ2v) is 4.21. The van der Waals surface area contributed by atoms with Crippen molar-refractivity contribution in [2.24, 2.45) is 0 Å². The van der Waals surface area contributed by atoms with Gasteiger partial charge in [-0.2, -0.15) is 0 Å². The van der Waals surface area contributed by atoms with Crippen molar-refractivity contribution < 1.29 is 9.90 Å². The molecule has 0 heterocycles. The predicted molar refractivity (Wildman–Crippen MR) is 73.8 cm³/mol. The summed E-state index contributed by atoms with van der Waals surface area (Å²) in [7, 11) is 0. The van der Waals surface area contributed by atoms with Crippen LogP contribution in [0.2, 0.25) is 0 Å². The van der Waals surface area contributed by atoms with Crippen molar-refractivity contribution in [2.45, 2.75) is 13.8 Å². The molecule has 0 bridgehead atoms. The zero-order valence-electron chi connectivity index (χ0n) is 10.9. The van der Waals surface area contributed by atoms with E-state index in [0.717, 1.165) is 16.8 Å². The molecule has 0 aliphatic heterocycles. The molecule has 0 fully saturated rings. The van der Waals surface area contributed by atoms with Gasteiger partial charge in [-0.3, -0.25) is 0 Å². The van der Waals surface area contributed by atoms with Crippen molar-refractivity contribution >= 4 is 11.7 Å². The van der Waals surface area contributed by atoms with E-state index in [2.05, 4.69) is 11.9 Å². The summed E-state index contributed by atoms with van der Waals surface area (Å²) in [6.45, 7) is 8.17. The molecule has 98 valence electrons. The topological polar surface area (TPSA) is 52.6 Å². The lowest BCUT2D eigenvalue weighted by Gasteiger charge is -2.21. The Morgan fingerprint density at radius 1 is 1.50 bits per heavy atom. The second kappa shape index (κ2) is 6.81. The summed E-state index contributed by atoms with van der Waals surface area (Å²) >= 11 is 0. The van der Waals surface area contributed by atoms with Gasteiger partial charge in [0.05, 0.1) is 6.61 Å². The molecule has 18 heavy (non-hydrogen) atoms. The third-order valence-electron chi connectivity index (χ3n) is 2.64. The average Bonchev–Trinajstić information content (AvgIpc) is 2.33. The van der Waals surface area contributed by atoms with Crippen LogP contribution >= 0.6 is 0 Å². The van der Waals surface area contributed by atoms with Crippen LogP contribution in [-0.4, -0.2) is 35.7 Å². The summed E-state index contributed by atoms with van der Waals surface area (Å²) in [5.41, 5.74) is 2.90. The van der Waals surface area contributed by atoms with Crippen LogP contribution in [0.4, 0.5) is 10.5 Å². The van der Waals surface area contributed by atoms with Gasteiger partial charge in [-0.1, -0.05) is 18.2 Å². The fourth-order valence-electron chi connectivity index (χ4n) is 1.62. The second-order valence-electron chi connectivity index (χ2n) is 4.21. The molecule has 0 saturated heterocycles. The summed E-state index contributed by atoms with van der Waals surface area (Å²) in [6.07, 6.45) is 1.64. The predicted octanol–water partition coefficient (Wildman–Crippen LogP) is 2.32. The summed E-state index contributed by atoms with van der Waals surface area (Å²) < 4.78 is 0. The van der Waals surface area contributed by atoms with E-state index in [-0.39, 0.29) is 12.6 Å². The Bertz CT molecular complexity index is 430. The molecule has 0 atom stereocenters. The fraction of sp³-hybridized carbons (Fsp3) is 0.357. The lowest BCUT2D eigenvalue weighted by Crippen LogP contribution is -2.37. The van der Waals surface area contributed by atoms with E-state index in [1.807, 2.05) is 32.0 Å². The van der Waals surface area contributed by atoms with E-state index in [1.54, 1.807) is 6.08 Å². The molecule has 2 amide bonds. The van der Waals surface area contributed by atoms with Crippen LogP contribution in [0.15, 0.2) is 30.9 Å². The molecule has 1 rings (SSSR count).